The minimum atomic E-state index is -0.877. The summed E-state index contributed by atoms with van der Waals surface area (Å²) in [5.41, 5.74) is 14.1. The predicted octanol–water partition coefficient (Wildman–Crippen LogP) is 1.56. The van der Waals surface area contributed by atoms with Crippen molar-refractivity contribution >= 4 is 29.1 Å². The number of hydrogen-bond acceptors (Lipinski definition) is 6. The van der Waals surface area contributed by atoms with Crippen molar-refractivity contribution in [1.82, 2.24) is 20.6 Å². The molecule has 0 aromatic carbocycles. The van der Waals surface area contributed by atoms with E-state index in [0.717, 1.165) is 17.0 Å². The number of thiophene rings is 1. The Hall–Kier alpha value is -2.72. The van der Waals surface area contributed by atoms with Gasteiger partial charge in [-0.1, -0.05) is 27.7 Å². The first-order chi connectivity index (χ1) is 15.1. The van der Waals surface area contributed by atoms with E-state index < -0.39 is 35.8 Å². The molecule has 2 rings (SSSR count). The number of primary amides is 1. The number of nitrogens with two attached hydrogens (primary N) is 2. The zero-order valence-corrected chi connectivity index (χ0v) is 19.9. The van der Waals surface area contributed by atoms with E-state index in [1.165, 1.54) is 0 Å². The Balaban J connectivity index is 2.06. The second-order valence-electron chi connectivity index (χ2n) is 8.84. The largest absolute Gasteiger partial charge is 0.368 e. The van der Waals surface area contributed by atoms with Crippen molar-refractivity contribution in [2.75, 3.05) is 0 Å². The van der Waals surface area contributed by atoms with E-state index in [4.69, 9.17) is 11.5 Å². The summed E-state index contributed by atoms with van der Waals surface area (Å²) in [6.45, 7) is 7.77. The SMILES string of the molecule is CC(C)C[C@H](NC(=O)[C@H](CC(C)C)NC(=O)[C@@H](N)Cc1[nH]cnc1-c1ccsc1)C(N)=O. The van der Waals surface area contributed by atoms with E-state index in [0.29, 0.717) is 12.8 Å². The monoisotopic (exact) mass is 462 g/mol. The molecular weight excluding hydrogens is 428 g/mol. The molecule has 0 aliphatic carbocycles. The Labute approximate surface area is 192 Å². The van der Waals surface area contributed by atoms with E-state index in [-0.39, 0.29) is 18.3 Å². The third-order valence-corrected chi connectivity index (χ3v) is 5.66. The highest BCUT2D eigenvalue weighted by Gasteiger charge is 2.28. The topological polar surface area (TPSA) is 156 Å². The van der Waals surface area contributed by atoms with Crippen LogP contribution in [0, 0.1) is 11.8 Å². The molecule has 3 atom stereocenters. The van der Waals surface area contributed by atoms with Gasteiger partial charge in [-0.3, -0.25) is 14.4 Å². The molecule has 0 unspecified atom stereocenters. The van der Waals surface area contributed by atoms with Crippen molar-refractivity contribution in [3.63, 3.8) is 0 Å². The van der Waals surface area contributed by atoms with Crippen LogP contribution in [-0.2, 0) is 20.8 Å². The lowest BCUT2D eigenvalue weighted by Gasteiger charge is -2.25. The highest BCUT2D eigenvalue weighted by molar-refractivity contribution is 7.08. The number of nitrogens with one attached hydrogen (secondary N) is 3. The summed E-state index contributed by atoms with van der Waals surface area (Å²) < 4.78 is 0. The second kappa shape index (κ2) is 11.8. The Bertz CT molecular complexity index is 893. The molecular formula is C22H34N6O3S. The molecule has 9 nitrogen and oxygen atoms in total. The molecule has 0 saturated heterocycles. The third-order valence-electron chi connectivity index (χ3n) is 4.98. The zero-order valence-electron chi connectivity index (χ0n) is 19.1. The summed E-state index contributed by atoms with van der Waals surface area (Å²) in [5, 5.41) is 9.36. The highest BCUT2D eigenvalue weighted by Crippen LogP contribution is 2.23. The summed E-state index contributed by atoms with van der Waals surface area (Å²) in [6, 6.07) is -0.537. The lowest BCUT2D eigenvalue weighted by atomic mass is 9.99. The molecule has 7 N–H and O–H groups in total. The van der Waals surface area contributed by atoms with Gasteiger partial charge in [-0.15, -0.1) is 0 Å². The molecule has 176 valence electrons. The zero-order chi connectivity index (χ0) is 23.8. The molecule has 3 amide bonds. The van der Waals surface area contributed by atoms with Gasteiger partial charge in [0.2, 0.25) is 17.7 Å². The van der Waals surface area contributed by atoms with Crippen molar-refractivity contribution in [2.45, 2.75) is 65.1 Å². The fraction of sp³-hybridized carbons (Fsp3) is 0.545. The normalized spacial score (nSPS) is 14.2. The number of hydrogen-bond donors (Lipinski definition) is 5. The number of amides is 3. The molecule has 2 aromatic heterocycles. The fourth-order valence-electron chi connectivity index (χ4n) is 3.41. The van der Waals surface area contributed by atoms with Crippen LogP contribution in [0.15, 0.2) is 23.2 Å². The van der Waals surface area contributed by atoms with Crippen LogP contribution in [-0.4, -0.2) is 45.8 Å². The van der Waals surface area contributed by atoms with Gasteiger partial charge >= 0.3 is 0 Å². The maximum Gasteiger partial charge on any atom is 0.243 e. The number of aromatic nitrogens is 2. The number of H-pyrrole nitrogens is 1. The highest BCUT2D eigenvalue weighted by atomic mass is 32.1. The van der Waals surface area contributed by atoms with Crippen molar-refractivity contribution in [2.24, 2.45) is 23.3 Å². The van der Waals surface area contributed by atoms with Gasteiger partial charge in [0, 0.05) is 23.1 Å². The van der Waals surface area contributed by atoms with Crippen LogP contribution in [0.4, 0.5) is 0 Å². The standard InChI is InChI=1S/C22H34N6O3S/c1-12(2)7-17(20(24)29)27-22(31)18(8-13(3)4)28-21(30)15(23)9-16-19(26-11-25-16)14-5-6-32-10-14/h5-6,10-13,15,17-18H,7-9,23H2,1-4H3,(H2,24,29)(H,25,26)(H,27,31)(H,28,30)/t15-,17-,18-/m0/s1. The van der Waals surface area contributed by atoms with Gasteiger partial charge in [-0.2, -0.15) is 11.3 Å². The van der Waals surface area contributed by atoms with Crippen LogP contribution in [0.3, 0.4) is 0 Å². The van der Waals surface area contributed by atoms with Gasteiger partial charge in [-0.25, -0.2) is 4.98 Å². The van der Waals surface area contributed by atoms with Gasteiger partial charge in [0.25, 0.3) is 0 Å². The Morgan fingerprint density at radius 3 is 2.25 bits per heavy atom. The molecule has 0 aliphatic rings. The van der Waals surface area contributed by atoms with E-state index in [2.05, 4.69) is 20.6 Å². The Morgan fingerprint density at radius 1 is 1.06 bits per heavy atom. The first kappa shape index (κ1) is 25.5. The molecule has 2 aromatic rings. The summed E-state index contributed by atoms with van der Waals surface area (Å²) in [6.07, 6.45) is 2.64. The minimum absolute atomic E-state index is 0.136. The number of rotatable bonds is 12. The van der Waals surface area contributed by atoms with E-state index in [9.17, 15) is 14.4 Å². The van der Waals surface area contributed by atoms with Gasteiger partial charge in [0.1, 0.15) is 12.1 Å². The molecule has 32 heavy (non-hydrogen) atoms. The van der Waals surface area contributed by atoms with E-state index in [1.807, 2.05) is 44.5 Å². The Morgan fingerprint density at radius 2 is 1.69 bits per heavy atom. The molecule has 0 fully saturated rings. The van der Waals surface area contributed by atoms with Crippen LogP contribution >= 0.6 is 11.3 Å². The third kappa shape index (κ3) is 7.45. The molecule has 0 saturated carbocycles. The molecule has 0 radical (unpaired) electrons. The second-order valence-corrected chi connectivity index (χ2v) is 9.62. The van der Waals surface area contributed by atoms with E-state index >= 15 is 0 Å². The summed E-state index contributed by atoms with van der Waals surface area (Å²) in [7, 11) is 0. The molecule has 0 spiro atoms. The molecule has 10 heteroatoms. The van der Waals surface area contributed by atoms with Gasteiger partial charge in [0.05, 0.1) is 18.1 Å². The molecule has 2 heterocycles. The number of carbonyl (C=O) groups excluding carboxylic acids is 3. The maximum absolute atomic E-state index is 12.9. The van der Waals surface area contributed by atoms with Gasteiger partial charge in [-0.05, 0) is 36.1 Å². The Kier molecular flexibility index (Phi) is 9.40. The predicted molar refractivity (Wildman–Crippen MR) is 126 cm³/mol. The first-order valence-electron chi connectivity index (χ1n) is 10.8. The van der Waals surface area contributed by atoms with Gasteiger partial charge < -0.3 is 27.1 Å². The van der Waals surface area contributed by atoms with Crippen LogP contribution in [0.1, 0.15) is 46.2 Å². The number of imidazole rings is 1. The molecule has 0 bridgehead atoms. The summed E-state index contributed by atoms with van der Waals surface area (Å²) in [4.78, 5) is 44.8. The first-order valence-corrected chi connectivity index (χ1v) is 11.7. The summed E-state index contributed by atoms with van der Waals surface area (Å²) in [5.74, 6) is -1.18. The smallest absolute Gasteiger partial charge is 0.243 e. The average molecular weight is 463 g/mol. The van der Waals surface area contributed by atoms with Gasteiger partial charge in [0.15, 0.2) is 0 Å². The van der Waals surface area contributed by atoms with Crippen LogP contribution in [0.2, 0.25) is 0 Å². The van der Waals surface area contributed by atoms with Crippen LogP contribution < -0.4 is 22.1 Å². The lowest BCUT2D eigenvalue weighted by Crippen LogP contribution is -2.56. The average Bonchev–Trinajstić information content (AvgIpc) is 3.37. The number of carbonyl (C=O) groups is 3. The van der Waals surface area contributed by atoms with Crippen molar-refractivity contribution in [1.29, 1.82) is 0 Å². The summed E-state index contributed by atoms with van der Waals surface area (Å²) >= 11 is 1.56. The van der Waals surface area contributed by atoms with Crippen LogP contribution in [0.5, 0.6) is 0 Å². The van der Waals surface area contributed by atoms with Crippen LogP contribution in [0.25, 0.3) is 11.3 Å². The number of nitrogens with zero attached hydrogens (tertiary/aromatic N) is 1. The van der Waals surface area contributed by atoms with E-state index in [1.54, 1.807) is 17.7 Å². The van der Waals surface area contributed by atoms with Crippen molar-refractivity contribution in [3.05, 3.63) is 28.8 Å². The van der Waals surface area contributed by atoms with Crippen molar-refractivity contribution in [3.8, 4) is 11.3 Å². The fourth-order valence-corrected chi connectivity index (χ4v) is 4.05. The number of aromatic amines is 1. The maximum atomic E-state index is 12.9. The molecule has 0 aliphatic heterocycles. The van der Waals surface area contributed by atoms with Crippen molar-refractivity contribution < 1.29 is 14.4 Å². The minimum Gasteiger partial charge on any atom is -0.368 e. The lowest BCUT2D eigenvalue weighted by molar-refractivity contribution is -0.132. The quantitative estimate of drug-likeness (QED) is 0.323.